The first-order chi connectivity index (χ1) is 8.74. The molecular formula is C13H15NO4. The van der Waals surface area contributed by atoms with Gasteiger partial charge in [0.15, 0.2) is 11.5 Å². The number of carbonyl (C=O) groups excluding carboxylic acids is 1. The minimum atomic E-state index is -0.278. The summed E-state index contributed by atoms with van der Waals surface area (Å²) >= 11 is 0. The summed E-state index contributed by atoms with van der Waals surface area (Å²) < 4.78 is 10.9. The van der Waals surface area contributed by atoms with Gasteiger partial charge < -0.3 is 19.9 Å². The minimum absolute atomic E-state index is 0.0628. The molecule has 2 aliphatic rings. The van der Waals surface area contributed by atoms with E-state index < -0.39 is 0 Å². The molecule has 1 saturated carbocycles. The molecule has 0 radical (unpaired) electrons. The van der Waals surface area contributed by atoms with E-state index in [1.807, 2.05) is 0 Å². The monoisotopic (exact) mass is 249 g/mol. The first-order valence-corrected chi connectivity index (χ1v) is 6.11. The number of nitrogens with one attached hydrogen (secondary N) is 1. The minimum Gasteiger partial charge on any atom is -0.486 e. The van der Waals surface area contributed by atoms with Crippen LogP contribution in [0, 0.1) is 0 Å². The molecule has 0 saturated heterocycles. The molecule has 0 spiro atoms. The average molecular weight is 249 g/mol. The summed E-state index contributed by atoms with van der Waals surface area (Å²) in [6, 6.07) is 5.35. The summed E-state index contributed by atoms with van der Waals surface area (Å²) in [6.45, 7) is 0.965. The van der Waals surface area contributed by atoms with Crippen molar-refractivity contribution in [3.05, 3.63) is 23.8 Å². The standard InChI is InChI=1S/C13H15NO4/c15-9-6-8(7-9)14-13(16)10-2-1-3-11-12(10)18-5-4-17-11/h1-3,8-9,15H,4-7H2,(H,14,16). The maximum atomic E-state index is 12.1. The fourth-order valence-electron chi connectivity index (χ4n) is 2.22. The number of rotatable bonds is 2. The second kappa shape index (κ2) is 4.49. The molecule has 1 aromatic rings. The summed E-state index contributed by atoms with van der Waals surface area (Å²) in [7, 11) is 0. The molecule has 1 heterocycles. The molecule has 3 rings (SSSR count). The highest BCUT2D eigenvalue weighted by Gasteiger charge is 2.30. The van der Waals surface area contributed by atoms with E-state index in [1.54, 1.807) is 18.2 Å². The largest absolute Gasteiger partial charge is 0.486 e. The Hall–Kier alpha value is -1.75. The first-order valence-electron chi connectivity index (χ1n) is 6.11. The van der Waals surface area contributed by atoms with Crippen LogP contribution < -0.4 is 14.8 Å². The Bertz CT molecular complexity index is 468. The number of hydrogen-bond donors (Lipinski definition) is 2. The van der Waals surface area contributed by atoms with Crippen molar-refractivity contribution in [2.24, 2.45) is 0 Å². The normalized spacial score (nSPS) is 25.2. The van der Waals surface area contributed by atoms with Gasteiger partial charge in [-0.25, -0.2) is 0 Å². The van der Waals surface area contributed by atoms with Crippen LogP contribution in [0.4, 0.5) is 0 Å². The Labute approximate surface area is 105 Å². The second-order valence-corrected chi connectivity index (χ2v) is 4.63. The number of amides is 1. The predicted molar refractivity (Wildman–Crippen MR) is 63.9 cm³/mol. The van der Waals surface area contributed by atoms with Gasteiger partial charge in [0.05, 0.1) is 11.7 Å². The molecule has 0 aromatic heterocycles. The quantitative estimate of drug-likeness (QED) is 0.810. The van der Waals surface area contributed by atoms with Crippen LogP contribution in [0.3, 0.4) is 0 Å². The van der Waals surface area contributed by atoms with Crippen molar-refractivity contribution in [2.75, 3.05) is 13.2 Å². The van der Waals surface area contributed by atoms with E-state index in [1.165, 1.54) is 0 Å². The molecule has 5 nitrogen and oxygen atoms in total. The van der Waals surface area contributed by atoms with Crippen LogP contribution >= 0.6 is 0 Å². The Morgan fingerprint density at radius 1 is 1.28 bits per heavy atom. The number of ether oxygens (including phenoxy) is 2. The van der Waals surface area contributed by atoms with Gasteiger partial charge in [-0.15, -0.1) is 0 Å². The number of hydrogen-bond acceptors (Lipinski definition) is 4. The highest BCUT2D eigenvalue weighted by molar-refractivity contribution is 5.98. The zero-order valence-electron chi connectivity index (χ0n) is 9.89. The predicted octanol–water partition coefficient (Wildman–Crippen LogP) is 0.711. The molecule has 96 valence electrons. The van der Waals surface area contributed by atoms with E-state index in [9.17, 15) is 9.90 Å². The van der Waals surface area contributed by atoms with Crippen LogP contribution in [-0.4, -0.2) is 36.4 Å². The van der Waals surface area contributed by atoms with Crippen molar-refractivity contribution in [1.82, 2.24) is 5.32 Å². The Morgan fingerprint density at radius 2 is 2.06 bits per heavy atom. The SMILES string of the molecule is O=C(NC1CC(O)C1)c1cccc2c1OCCO2. The van der Waals surface area contributed by atoms with E-state index in [0.717, 1.165) is 0 Å². The van der Waals surface area contributed by atoms with Gasteiger partial charge >= 0.3 is 0 Å². The third-order valence-electron chi connectivity index (χ3n) is 3.26. The van der Waals surface area contributed by atoms with E-state index >= 15 is 0 Å². The van der Waals surface area contributed by atoms with E-state index in [4.69, 9.17) is 9.47 Å². The number of aliphatic hydroxyl groups excluding tert-OH is 1. The highest BCUT2D eigenvalue weighted by Crippen LogP contribution is 2.33. The fraction of sp³-hybridized carbons (Fsp3) is 0.462. The van der Waals surface area contributed by atoms with Crippen molar-refractivity contribution >= 4 is 5.91 Å². The summed E-state index contributed by atoms with van der Waals surface area (Å²) in [4.78, 5) is 12.1. The summed E-state index contributed by atoms with van der Waals surface area (Å²) in [5.74, 6) is 0.956. The van der Waals surface area contributed by atoms with Gasteiger partial charge in [-0.2, -0.15) is 0 Å². The lowest BCUT2D eigenvalue weighted by atomic mass is 9.89. The molecule has 5 heteroatoms. The van der Waals surface area contributed by atoms with Crippen molar-refractivity contribution in [1.29, 1.82) is 0 Å². The van der Waals surface area contributed by atoms with E-state index in [2.05, 4.69) is 5.32 Å². The molecule has 2 N–H and O–H groups in total. The summed E-state index contributed by atoms with van der Waals surface area (Å²) in [5.41, 5.74) is 0.494. The number of carbonyl (C=O) groups is 1. The average Bonchev–Trinajstić information content (AvgIpc) is 2.36. The third kappa shape index (κ3) is 2.01. The van der Waals surface area contributed by atoms with Crippen LogP contribution in [0.2, 0.25) is 0 Å². The molecule has 1 aromatic carbocycles. The van der Waals surface area contributed by atoms with Crippen LogP contribution in [-0.2, 0) is 0 Å². The Morgan fingerprint density at radius 3 is 2.83 bits per heavy atom. The van der Waals surface area contributed by atoms with Crippen molar-refractivity contribution in [3.63, 3.8) is 0 Å². The highest BCUT2D eigenvalue weighted by atomic mass is 16.6. The summed E-state index contributed by atoms with van der Waals surface area (Å²) in [5, 5.41) is 12.1. The summed E-state index contributed by atoms with van der Waals surface area (Å²) in [6.07, 6.45) is 0.968. The smallest absolute Gasteiger partial charge is 0.255 e. The lowest BCUT2D eigenvalue weighted by Crippen LogP contribution is -2.46. The lowest BCUT2D eigenvalue weighted by molar-refractivity contribution is 0.0559. The van der Waals surface area contributed by atoms with Crippen LogP contribution in [0.5, 0.6) is 11.5 Å². The fourth-order valence-corrected chi connectivity index (χ4v) is 2.22. The third-order valence-corrected chi connectivity index (χ3v) is 3.26. The molecule has 18 heavy (non-hydrogen) atoms. The number of fused-ring (bicyclic) bond motifs is 1. The molecule has 1 fully saturated rings. The first kappa shape index (κ1) is 11.3. The van der Waals surface area contributed by atoms with Crippen molar-refractivity contribution in [2.45, 2.75) is 25.0 Å². The van der Waals surface area contributed by atoms with Crippen LogP contribution in [0.1, 0.15) is 23.2 Å². The molecule has 1 aliphatic heterocycles. The number of para-hydroxylation sites is 1. The second-order valence-electron chi connectivity index (χ2n) is 4.63. The Balaban J connectivity index is 1.77. The molecule has 1 amide bonds. The van der Waals surface area contributed by atoms with Gasteiger partial charge in [0.2, 0.25) is 0 Å². The van der Waals surface area contributed by atoms with Crippen molar-refractivity contribution < 1.29 is 19.4 Å². The van der Waals surface area contributed by atoms with Crippen molar-refractivity contribution in [3.8, 4) is 11.5 Å². The molecule has 0 bridgehead atoms. The number of aliphatic hydroxyl groups is 1. The molecular weight excluding hydrogens is 234 g/mol. The van der Waals surface area contributed by atoms with Gasteiger partial charge in [0.25, 0.3) is 5.91 Å². The van der Waals surface area contributed by atoms with Crippen LogP contribution in [0.25, 0.3) is 0 Å². The van der Waals surface area contributed by atoms with Gasteiger partial charge in [-0.3, -0.25) is 4.79 Å². The van der Waals surface area contributed by atoms with Gasteiger partial charge in [-0.05, 0) is 25.0 Å². The van der Waals surface area contributed by atoms with Crippen LogP contribution in [0.15, 0.2) is 18.2 Å². The van der Waals surface area contributed by atoms with Gasteiger partial charge in [-0.1, -0.05) is 6.07 Å². The molecule has 0 atom stereocenters. The number of benzene rings is 1. The molecule has 0 unspecified atom stereocenters. The Kier molecular flexibility index (Phi) is 2.83. The maximum absolute atomic E-state index is 12.1. The van der Waals surface area contributed by atoms with E-state index in [0.29, 0.717) is 43.1 Å². The topological polar surface area (TPSA) is 67.8 Å². The molecule has 1 aliphatic carbocycles. The zero-order valence-corrected chi connectivity index (χ0v) is 9.89. The maximum Gasteiger partial charge on any atom is 0.255 e. The van der Waals surface area contributed by atoms with Gasteiger partial charge in [0, 0.05) is 6.04 Å². The van der Waals surface area contributed by atoms with Gasteiger partial charge in [0.1, 0.15) is 13.2 Å². The van der Waals surface area contributed by atoms with E-state index in [-0.39, 0.29) is 18.1 Å². The lowest BCUT2D eigenvalue weighted by Gasteiger charge is -2.32. The zero-order chi connectivity index (χ0) is 12.5.